The van der Waals surface area contributed by atoms with Crippen molar-refractivity contribution >= 4 is 45.2 Å². The Balaban J connectivity index is 2.02. The smallest absolute Gasteiger partial charge is 0.321 e. The van der Waals surface area contributed by atoms with Crippen molar-refractivity contribution in [2.24, 2.45) is 5.92 Å². The summed E-state index contributed by atoms with van der Waals surface area (Å²) < 4.78 is 0.685. The summed E-state index contributed by atoms with van der Waals surface area (Å²) in [6.45, 7) is 0.813. The minimum absolute atomic E-state index is 0.242. The number of amides is 2. The summed E-state index contributed by atoms with van der Waals surface area (Å²) in [7, 11) is 0. The molecule has 108 valence electrons. The van der Waals surface area contributed by atoms with E-state index in [1.54, 1.807) is 18.2 Å². The van der Waals surface area contributed by atoms with Gasteiger partial charge >= 0.3 is 12.0 Å². The van der Waals surface area contributed by atoms with Crippen LogP contribution in [0, 0.1) is 5.92 Å². The molecule has 0 unspecified atom stereocenters. The highest BCUT2D eigenvalue weighted by atomic mass is 79.9. The molecule has 0 aromatic heterocycles. The summed E-state index contributed by atoms with van der Waals surface area (Å²) in [5.41, 5.74) is 0.608. The molecule has 5 nitrogen and oxygen atoms in total. The van der Waals surface area contributed by atoms with Gasteiger partial charge in [0.25, 0.3) is 0 Å². The first-order chi connectivity index (χ1) is 9.47. The largest absolute Gasteiger partial charge is 0.481 e. The van der Waals surface area contributed by atoms with Crippen LogP contribution >= 0.6 is 27.5 Å². The van der Waals surface area contributed by atoms with E-state index in [0.717, 1.165) is 0 Å². The fourth-order valence-electron chi connectivity index (χ4n) is 2.15. The first-order valence-electron chi connectivity index (χ1n) is 6.21. The Bertz CT molecular complexity index is 538. The lowest BCUT2D eigenvalue weighted by Crippen LogP contribution is -2.44. The molecule has 1 aliphatic rings. The molecule has 7 heteroatoms. The highest BCUT2D eigenvalue weighted by molar-refractivity contribution is 9.10. The molecule has 20 heavy (non-hydrogen) atoms. The molecule has 1 atom stereocenters. The number of likely N-dealkylation sites (tertiary alicyclic amines) is 1. The average molecular weight is 362 g/mol. The van der Waals surface area contributed by atoms with Crippen LogP contribution in [-0.4, -0.2) is 35.1 Å². The third-order valence-corrected chi connectivity index (χ3v) is 4.12. The fourth-order valence-corrected chi connectivity index (χ4v) is 2.93. The number of halogens is 2. The number of benzene rings is 1. The number of urea groups is 1. The van der Waals surface area contributed by atoms with Crippen molar-refractivity contribution in [1.82, 2.24) is 4.90 Å². The first kappa shape index (κ1) is 15.1. The Labute approximate surface area is 130 Å². The van der Waals surface area contributed by atoms with Crippen LogP contribution in [0.25, 0.3) is 0 Å². The van der Waals surface area contributed by atoms with Gasteiger partial charge in [-0.3, -0.25) is 4.79 Å². The Morgan fingerprint density at radius 2 is 2.20 bits per heavy atom. The Morgan fingerprint density at radius 3 is 2.85 bits per heavy atom. The number of aliphatic carboxylic acids is 1. The van der Waals surface area contributed by atoms with E-state index < -0.39 is 11.9 Å². The molecular weight excluding hydrogens is 348 g/mol. The van der Waals surface area contributed by atoms with Crippen LogP contribution in [0.3, 0.4) is 0 Å². The second-order valence-electron chi connectivity index (χ2n) is 4.68. The predicted molar refractivity (Wildman–Crippen MR) is 80.1 cm³/mol. The number of carboxylic acid groups (broad SMARTS) is 1. The predicted octanol–water partition coefficient (Wildman–Crippen LogP) is 3.43. The van der Waals surface area contributed by atoms with Crippen LogP contribution in [0.2, 0.25) is 5.02 Å². The number of carbonyl (C=O) groups excluding carboxylic acids is 1. The van der Waals surface area contributed by atoms with E-state index in [9.17, 15) is 9.59 Å². The van der Waals surface area contributed by atoms with Gasteiger partial charge in [0.05, 0.1) is 11.6 Å². The fraction of sp³-hybridized carbons (Fsp3) is 0.385. The molecule has 0 aliphatic carbocycles. The zero-order valence-corrected chi connectivity index (χ0v) is 12.9. The van der Waals surface area contributed by atoms with E-state index in [0.29, 0.717) is 34.6 Å². The Hall–Kier alpha value is -1.27. The molecule has 1 aromatic rings. The third-order valence-electron chi connectivity index (χ3n) is 3.23. The van der Waals surface area contributed by atoms with Crippen molar-refractivity contribution in [2.45, 2.75) is 12.8 Å². The molecule has 1 aliphatic heterocycles. The summed E-state index contributed by atoms with van der Waals surface area (Å²) in [5, 5.41) is 12.3. The first-order valence-corrected chi connectivity index (χ1v) is 7.38. The summed E-state index contributed by atoms with van der Waals surface area (Å²) in [6, 6.07) is 4.77. The minimum Gasteiger partial charge on any atom is -0.481 e. The van der Waals surface area contributed by atoms with Gasteiger partial charge in [0, 0.05) is 22.6 Å². The number of nitrogens with one attached hydrogen (secondary N) is 1. The maximum Gasteiger partial charge on any atom is 0.321 e. The van der Waals surface area contributed by atoms with Crippen molar-refractivity contribution in [2.75, 3.05) is 18.4 Å². The number of carbonyl (C=O) groups is 2. The quantitative estimate of drug-likeness (QED) is 0.848. The van der Waals surface area contributed by atoms with Crippen molar-refractivity contribution in [3.63, 3.8) is 0 Å². The van der Waals surface area contributed by atoms with Crippen LogP contribution in [0.5, 0.6) is 0 Å². The van der Waals surface area contributed by atoms with Gasteiger partial charge in [-0.2, -0.15) is 0 Å². The highest BCUT2D eigenvalue weighted by Crippen LogP contribution is 2.26. The molecule has 2 amide bonds. The van der Waals surface area contributed by atoms with Crippen LogP contribution in [0.1, 0.15) is 12.8 Å². The van der Waals surface area contributed by atoms with Crippen molar-refractivity contribution in [3.05, 3.63) is 27.7 Å². The molecule has 2 rings (SSSR count). The lowest BCUT2D eigenvalue weighted by atomic mass is 9.99. The summed E-state index contributed by atoms with van der Waals surface area (Å²) in [4.78, 5) is 24.7. The van der Waals surface area contributed by atoms with E-state index in [-0.39, 0.29) is 12.6 Å². The molecule has 1 heterocycles. The Morgan fingerprint density at radius 1 is 1.45 bits per heavy atom. The van der Waals surface area contributed by atoms with Gasteiger partial charge in [-0.15, -0.1) is 0 Å². The highest BCUT2D eigenvalue weighted by Gasteiger charge is 2.28. The summed E-state index contributed by atoms with van der Waals surface area (Å²) in [5.74, 6) is -1.33. The standard InChI is InChI=1S/C13H14BrClN2O3/c14-10-6-9(15)3-4-11(10)16-13(20)17-5-1-2-8(7-17)12(18)19/h3-4,6,8H,1-2,5,7H2,(H,16,20)(H,18,19)/t8-/m1/s1. The maximum atomic E-state index is 12.1. The van der Waals surface area contributed by atoms with Gasteiger partial charge in [-0.1, -0.05) is 11.6 Å². The van der Waals surface area contributed by atoms with Gasteiger partial charge in [-0.25, -0.2) is 4.79 Å². The molecule has 0 bridgehead atoms. The van der Waals surface area contributed by atoms with E-state index >= 15 is 0 Å². The number of piperidine rings is 1. The van der Waals surface area contributed by atoms with E-state index in [2.05, 4.69) is 21.2 Å². The number of carboxylic acids is 1. The lowest BCUT2D eigenvalue weighted by Gasteiger charge is -2.30. The molecule has 0 saturated carbocycles. The van der Waals surface area contributed by atoms with Crippen LogP contribution in [-0.2, 0) is 4.79 Å². The molecule has 0 spiro atoms. The third kappa shape index (κ3) is 3.64. The number of anilines is 1. The van der Waals surface area contributed by atoms with Gasteiger partial charge in [0.1, 0.15) is 0 Å². The monoisotopic (exact) mass is 360 g/mol. The molecule has 2 N–H and O–H groups in total. The lowest BCUT2D eigenvalue weighted by molar-refractivity contribution is -0.143. The van der Waals surface area contributed by atoms with Crippen LogP contribution < -0.4 is 5.32 Å². The van der Waals surface area contributed by atoms with Crippen LogP contribution in [0.4, 0.5) is 10.5 Å². The molecule has 0 radical (unpaired) electrons. The maximum absolute atomic E-state index is 12.1. The second kappa shape index (κ2) is 6.45. The number of hydrogen-bond donors (Lipinski definition) is 2. The number of rotatable bonds is 2. The van der Waals surface area contributed by atoms with Gasteiger partial charge < -0.3 is 15.3 Å². The topological polar surface area (TPSA) is 69.6 Å². The van der Waals surface area contributed by atoms with E-state index in [1.165, 1.54) is 4.90 Å². The van der Waals surface area contributed by atoms with E-state index in [1.807, 2.05) is 0 Å². The van der Waals surface area contributed by atoms with Crippen molar-refractivity contribution < 1.29 is 14.7 Å². The summed E-state index contributed by atoms with van der Waals surface area (Å²) in [6.07, 6.45) is 1.32. The normalized spacial score (nSPS) is 18.7. The Kier molecular flexibility index (Phi) is 4.88. The average Bonchev–Trinajstić information content (AvgIpc) is 2.42. The van der Waals surface area contributed by atoms with Gasteiger partial charge in [-0.05, 0) is 47.0 Å². The molecule has 1 saturated heterocycles. The zero-order chi connectivity index (χ0) is 14.7. The summed E-state index contributed by atoms with van der Waals surface area (Å²) >= 11 is 9.16. The van der Waals surface area contributed by atoms with Crippen molar-refractivity contribution in [3.8, 4) is 0 Å². The SMILES string of the molecule is O=C(O)[C@@H]1CCCN(C(=O)Nc2ccc(Cl)cc2Br)C1. The molecule has 1 aromatic carbocycles. The minimum atomic E-state index is -0.852. The van der Waals surface area contributed by atoms with E-state index in [4.69, 9.17) is 16.7 Å². The number of hydrogen-bond acceptors (Lipinski definition) is 2. The van der Waals surface area contributed by atoms with Gasteiger partial charge in [0.15, 0.2) is 0 Å². The molecule has 1 fully saturated rings. The number of nitrogens with zero attached hydrogens (tertiary/aromatic N) is 1. The zero-order valence-electron chi connectivity index (χ0n) is 10.6. The second-order valence-corrected chi connectivity index (χ2v) is 5.97. The van der Waals surface area contributed by atoms with Crippen LogP contribution in [0.15, 0.2) is 22.7 Å². The van der Waals surface area contributed by atoms with Crippen molar-refractivity contribution in [1.29, 1.82) is 0 Å². The molecular formula is C13H14BrClN2O3. The van der Waals surface area contributed by atoms with Gasteiger partial charge in [0.2, 0.25) is 0 Å².